The molecule has 1 aliphatic heterocycles. The highest BCUT2D eigenvalue weighted by atomic mass is 19.3. The van der Waals surface area contributed by atoms with E-state index in [2.05, 4.69) is 10.3 Å². The van der Waals surface area contributed by atoms with Crippen LogP contribution in [-0.2, 0) is 15.9 Å². The number of fused-ring (bicyclic) bond motifs is 1. The van der Waals surface area contributed by atoms with Crippen molar-refractivity contribution in [3.8, 4) is 17.0 Å². The number of halogens is 4. The zero-order valence-electron chi connectivity index (χ0n) is 24.4. The molecule has 230 valence electrons. The normalized spacial score (nSPS) is 19.1. The molecule has 2 N–H and O–H groups in total. The molecule has 1 saturated carbocycles. The number of nitrogens with one attached hydrogen (secondary N) is 1. The molecule has 11 heteroatoms. The first-order valence-corrected chi connectivity index (χ1v) is 14.3. The molecular weight excluding hydrogens is 578 g/mol. The maximum atomic E-state index is 15.9. The highest BCUT2D eigenvalue weighted by molar-refractivity contribution is 6.00. The van der Waals surface area contributed by atoms with Crippen LogP contribution >= 0.6 is 0 Å². The number of carbonyl (C=O) groups is 1. The van der Waals surface area contributed by atoms with Crippen LogP contribution in [0.1, 0.15) is 66.7 Å². The molecule has 6 rings (SSSR count). The van der Waals surface area contributed by atoms with E-state index < -0.39 is 35.2 Å². The first-order valence-electron chi connectivity index (χ1n) is 14.3. The molecule has 4 aromatic rings. The minimum Gasteiger partial charge on any atom is -0.494 e. The quantitative estimate of drug-likeness (QED) is 0.220. The lowest BCUT2D eigenvalue weighted by Gasteiger charge is -2.36. The number of rotatable bonds is 8. The minimum absolute atomic E-state index is 0.0135. The lowest BCUT2D eigenvalue weighted by Crippen LogP contribution is -2.46. The Balaban J connectivity index is 1.41. The molecule has 2 aliphatic rings. The lowest BCUT2D eigenvalue weighted by molar-refractivity contribution is -0.0367. The van der Waals surface area contributed by atoms with E-state index in [0.29, 0.717) is 35.2 Å². The highest BCUT2D eigenvalue weighted by Crippen LogP contribution is 2.65. The van der Waals surface area contributed by atoms with Gasteiger partial charge in [-0.15, -0.1) is 0 Å². The summed E-state index contributed by atoms with van der Waals surface area (Å²) in [6.45, 7) is 3.27. The van der Waals surface area contributed by atoms with Gasteiger partial charge in [-0.25, -0.2) is 22.5 Å². The average Bonchev–Trinajstić information content (AvgIpc) is 3.69. The molecule has 1 saturated heterocycles. The van der Waals surface area contributed by atoms with Crippen molar-refractivity contribution < 1.29 is 36.9 Å². The summed E-state index contributed by atoms with van der Waals surface area (Å²) in [5, 5.41) is 14.2. The Labute approximate surface area is 251 Å². The van der Waals surface area contributed by atoms with Crippen LogP contribution in [0.4, 0.5) is 17.6 Å². The summed E-state index contributed by atoms with van der Waals surface area (Å²) in [5.41, 5.74) is -2.34. The largest absolute Gasteiger partial charge is 0.494 e. The Bertz CT molecular complexity index is 1750. The predicted octanol–water partition coefficient (Wildman–Crippen LogP) is 6.57. The van der Waals surface area contributed by atoms with Crippen molar-refractivity contribution in [3.05, 3.63) is 88.7 Å². The van der Waals surface area contributed by atoms with E-state index in [1.54, 1.807) is 0 Å². The third-order valence-electron chi connectivity index (χ3n) is 8.79. The SMILES string of the molecule is COc1cc(C(=O)NCC2(c3cc(C(C)(C)O)c(F)c(-c4ccc(F)cc4)n3)OCCC23CC3)cc2cc(C(F)F)cnc12. The topological polar surface area (TPSA) is 93.6 Å². The fourth-order valence-electron chi connectivity index (χ4n) is 6.18. The van der Waals surface area contributed by atoms with Crippen molar-refractivity contribution in [1.29, 1.82) is 0 Å². The molecule has 1 unspecified atom stereocenters. The van der Waals surface area contributed by atoms with Crippen LogP contribution in [0.25, 0.3) is 22.2 Å². The van der Waals surface area contributed by atoms with Crippen LogP contribution in [0.5, 0.6) is 5.75 Å². The van der Waals surface area contributed by atoms with Crippen LogP contribution in [0.2, 0.25) is 0 Å². The monoisotopic (exact) mass is 609 g/mol. The molecule has 1 atom stereocenters. The number of methoxy groups -OCH3 is 1. The van der Waals surface area contributed by atoms with Gasteiger partial charge in [0.1, 0.15) is 28.4 Å². The molecule has 44 heavy (non-hydrogen) atoms. The second-order valence-electron chi connectivity index (χ2n) is 12.0. The first kappa shape index (κ1) is 30.0. The van der Waals surface area contributed by atoms with E-state index >= 15 is 4.39 Å². The first-order chi connectivity index (χ1) is 20.9. The Morgan fingerprint density at radius 3 is 2.48 bits per heavy atom. The molecule has 0 radical (unpaired) electrons. The van der Waals surface area contributed by atoms with Crippen molar-refractivity contribution in [2.24, 2.45) is 5.41 Å². The molecule has 0 bridgehead atoms. The molecule has 3 heterocycles. The third kappa shape index (κ3) is 5.07. The van der Waals surface area contributed by atoms with Gasteiger partial charge < -0.3 is 19.9 Å². The number of aromatic nitrogens is 2. The number of aliphatic hydroxyl groups is 1. The van der Waals surface area contributed by atoms with Gasteiger partial charge in [-0.2, -0.15) is 0 Å². The van der Waals surface area contributed by atoms with Crippen LogP contribution in [-0.4, -0.2) is 41.2 Å². The number of hydrogen-bond donors (Lipinski definition) is 2. The fraction of sp³-hybridized carbons (Fsp3) is 0.364. The molecule has 1 spiro atoms. The van der Waals surface area contributed by atoms with Crippen molar-refractivity contribution >= 4 is 16.8 Å². The van der Waals surface area contributed by atoms with Crippen molar-refractivity contribution in [1.82, 2.24) is 15.3 Å². The van der Waals surface area contributed by atoms with Crippen LogP contribution < -0.4 is 10.1 Å². The number of ether oxygens (including phenoxy) is 2. The maximum Gasteiger partial charge on any atom is 0.265 e. The summed E-state index contributed by atoms with van der Waals surface area (Å²) in [6.07, 6.45) is 0.608. The van der Waals surface area contributed by atoms with Crippen LogP contribution in [0, 0.1) is 17.0 Å². The zero-order chi connectivity index (χ0) is 31.4. The van der Waals surface area contributed by atoms with Gasteiger partial charge >= 0.3 is 0 Å². The number of benzene rings is 2. The Kier molecular flexibility index (Phi) is 7.36. The smallest absolute Gasteiger partial charge is 0.265 e. The van der Waals surface area contributed by atoms with E-state index in [4.69, 9.17) is 14.5 Å². The molecule has 1 aliphatic carbocycles. The molecule has 2 fully saturated rings. The molecule has 2 aromatic carbocycles. The van der Waals surface area contributed by atoms with Crippen LogP contribution in [0.3, 0.4) is 0 Å². The number of nitrogens with zero attached hydrogens (tertiary/aromatic N) is 2. The lowest BCUT2D eigenvalue weighted by atomic mass is 9.79. The Morgan fingerprint density at radius 2 is 1.84 bits per heavy atom. The summed E-state index contributed by atoms with van der Waals surface area (Å²) in [4.78, 5) is 22.4. The maximum absolute atomic E-state index is 15.9. The van der Waals surface area contributed by atoms with Gasteiger partial charge in [-0.1, -0.05) is 0 Å². The number of carbonyl (C=O) groups excluding carboxylic acids is 1. The van der Waals surface area contributed by atoms with Gasteiger partial charge in [0.2, 0.25) is 0 Å². The predicted molar refractivity (Wildman–Crippen MR) is 154 cm³/mol. The molecule has 1 amide bonds. The van der Waals surface area contributed by atoms with E-state index in [-0.39, 0.29) is 40.1 Å². The molecular formula is C33H31F4N3O4. The summed E-state index contributed by atoms with van der Waals surface area (Å²) in [5.74, 6) is -1.50. The third-order valence-corrected chi connectivity index (χ3v) is 8.79. The summed E-state index contributed by atoms with van der Waals surface area (Å²) in [7, 11) is 1.40. The number of amides is 1. The number of alkyl halides is 2. The van der Waals surface area contributed by atoms with Gasteiger partial charge in [0.15, 0.2) is 5.82 Å². The summed E-state index contributed by atoms with van der Waals surface area (Å²) in [6, 6.07) is 10.9. The van der Waals surface area contributed by atoms with E-state index in [0.717, 1.165) is 19.0 Å². The molecule has 2 aromatic heterocycles. The van der Waals surface area contributed by atoms with Gasteiger partial charge in [0, 0.05) is 45.9 Å². The Morgan fingerprint density at radius 1 is 1.11 bits per heavy atom. The minimum atomic E-state index is -2.73. The van der Waals surface area contributed by atoms with Crippen molar-refractivity contribution in [2.75, 3.05) is 20.3 Å². The fourth-order valence-corrected chi connectivity index (χ4v) is 6.18. The van der Waals surface area contributed by atoms with Gasteiger partial charge in [0.25, 0.3) is 12.3 Å². The average molecular weight is 610 g/mol. The zero-order valence-corrected chi connectivity index (χ0v) is 24.4. The standard InChI is InChI=1S/C33H31F4N3O4/c1-31(2,42)23-15-25(40-28(26(23)35)18-4-6-22(34)7-5-18)33(32(8-9-32)10-11-44-33)17-39-30(41)20-12-19-13-21(29(36)37)16-38-27(19)24(14-20)43-3/h4-7,12-16,29,42H,8-11,17H2,1-3H3,(H,39,41). The number of pyridine rings is 2. The number of hydrogen-bond acceptors (Lipinski definition) is 6. The summed E-state index contributed by atoms with van der Waals surface area (Å²) >= 11 is 0. The van der Waals surface area contributed by atoms with E-state index in [1.807, 2.05) is 0 Å². The van der Waals surface area contributed by atoms with Gasteiger partial charge in [0.05, 0.1) is 24.9 Å². The summed E-state index contributed by atoms with van der Waals surface area (Å²) < 4.78 is 68.1. The Hall–Kier alpha value is -4.09. The molecule has 7 nitrogen and oxygen atoms in total. The highest BCUT2D eigenvalue weighted by Gasteiger charge is 2.65. The van der Waals surface area contributed by atoms with E-state index in [1.165, 1.54) is 69.5 Å². The van der Waals surface area contributed by atoms with Crippen LogP contribution in [0.15, 0.2) is 54.7 Å². The van der Waals surface area contributed by atoms with Crippen molar-refractivity contribution in [2.45, 2.75) is 50.7 Å². The van der Waals surface area contributed by atoms with Crippen molar-refractivity contribution in [3.63, 3.8) is 0 Å². The van der Waals surface area contributed by atoms with Gasteiger partial charge in [-0.3, -0.25) is 9.78 Å². The van der Waals surface area contributed by atoms with E-state index in [9.17, 15) is 23.1 Å². The second-order valence-corrected chi connectivity index (χ2v) is 12.0. The second kappa shape index (κ2) is 10.8. The van der Waals surface area contributed by atoms with Gasteiger partial charge in [-0.05, 0) is 81.6 Å².